The predicted octanol–water partition coefficient (Wildman–Crippen LogP) is 5.23. The monoisotopic (exact) mass is 334 g/mol. The average Bonchev–Trinajstić information content (AvgIpc) is 2.83. The van der Waals surface area contributed by atoms with Gasteiger partial charge in [-0.2, -0.15) is 0 Å². The van der Waals surface area contributed by atoms with Gasteiger partial charge in [0.15, 0.2) is 0 Å². The van der Waals surface area contributed by atoms with Gasteiger partial charge in [-0.25, -0.2) is 0 Å². The second-order valence-corrected chi connectivity index (χ2v) is 8.89. The molecule has 4 aliphatic rings. The van der Waals surface area contributed by atoms with E-state index in [-0.39, 0.29) is 10.8 Å². The lowest BCUT2D eigenvalue weighted by Gasteiger charge is -2.56. The maximum Gasteiger partial charge on any atom is 0.139 e. The molecule has 0 N–H and O–H groups in total. The Morgan fingerprint density at radius 1 is 1.13 bits per heavy atom. The van der Waals surface area contributed by atoms with Crippen LogP contribution in [0, 0.1) is 28.6 Å². The number of ketones is 1. The summed E-state index contributed by atoms with van der Waals surface area (Å²) in [6.07, 6.45) is 9.65. The quantitative estimate of drug-likeness (QED) is 0.656. The van der Waals surface area contributed by atoms with Gasteiger partial charge in [-0.05, 0) is 60.8 Å². The van der Waals surface area contributed by atoms with Crippen molar-refractivity contribution in [1.82, 2.24) is 0 Å². The minimum atomic E-state index is -0.0468. The summed E-state index contributed by atoms with van der Waals surface area (Å²) in [5.74, 6) is 3.37. The molecule has 2 fully saturated rings. The van der Waals surface area contributed by atoms with Gasteiger partial charge >= 0.3 is 0 Å². The minimum absolute atomic E-state index is 0.0468. The van der Waals surface area contributed by atoms with Crippen LogP contribution in [0.4, 0.5) is 0 Å². The third-order valence-corrected chi connectivity index (χ3v) is 8.19. The van der Waals surface area contributed by atoms with Gasteiger partial charge in [0.2, 0.25) is 0 Å². The van der Waals surface area contributed by atoms with Gasteiger partial charge in [-0.3, -0.25) is 4.79 Å². The van der Waals surface area contributed by atoms with Gasteiger partial charge in [-0.1, -0.05) is 31.5 Å². The molecule has 0 aliphatic heterocycles. The van der Waals surface area contributed by atoms with E-state index in [0.717, 1.165) is 49.3 Å². The normalized spacial score (nSPS) is 46.0. The van der Waals surface area contributed by atoms with Crippen LogP contribution in [-0.2, 0) is 9.53 Å². The molecule has 0 amide bonds. The number of rotatable bonds is 1. The van der Waals surface area contributed by atoms with E-state index in [9.17, 15) is 4.79 Å². The summed E-state index contributed by atoms with van der Waals surface area (Å²) >= 11 is 6.67. The molecule has 4 rings (SSSR count). The van der Waals surface area contributed by atoms with Crippen LogP contribution in [-0.4, -0.2) is 12.9 Å². The molecule has 5 atom stereocenters. The van der Waals surface area contributed by atoms with Crippen molar-refractivity contribution in [2.24, 2.45) is 28.6 Å². The number of hydrogen-bond donors (Lipinski definition) is 0. The molecule has 0 aromatic heterocycles. The molecule has 0 aromatic rings. The highest BCUT2D eigenvalue weighted by molar-refractivity contribution is 6.32. The highest BCUT2D eigenvalue weighted by Gasteiger charge is 2.58. The zero-order valence-electron chi connectivity index (χ0n) is 14.5. The molecule has 23 heavy (non-hydrogen) atoms. The number of halogens is 1. The molecule has 2 saturated carbocycles. The standard InChI is InChI=1S/C20H27ClO2/c1-19-11-9-16(23-3)18(21)15(19)5-4-12-13-6-7-17(22)20(13,2)10-8-14(12)19/h5,12-14H,4,6-11H2,1-3H3/t12-,13-,14-,19+,20-/m0/s1. The fraction of sp³-hybridized carbons (Fsp3) is 0.750. The molecular formula is C20H27ClO2. The molecule has 0 unspecified atom stereocenters. The van der Waals surface area contributed by atoms with Crippen LogP contribution in [0.15, 0.2) is 22.4 Å². The van der Waals surface area contributed by atoms with E-state index in [1.54, 1.807) is 7.11 Å². The largest absolute Gasteiger partial charge is 0.500 e. The van der Waals surface area contributed by atoms with Crippen LogP contribution in [0.2, 0.25) is 0 Å². The smallest absolute Gasteiger partial charge is 0.139 e. The van der Waals surface area contributed by atoms with E-state index in [4.69, 9.17) is 16.3 Å². The van der Waals surface area contributed by atoms with Crippen molar-refractivity contribution in [3.63, 3.8) is 0 Å². The third-order valence-electron chi connectivity index (χ3n) is 7.77. The Morgan fingerprint density at radius 2 is 1.87 bits per heavy atom. The highest BCUT2D eigenvalue weighted by atomic mass is 35.5. The van der Waals surface area contributed by atoms with Crippen LogP contribution in [0.5, 0.6) is 0 Å². The lowest BCUT2D eigenvalue weighted by atomic mass is 9.49. The van der Waals surface area contributed by atoms with Gasteiger partial charge in [0.1, 0.15) is 11.5 Å². The van der Waals surface area contributed by atoms with Crippen molar-refractivity contribution >= 4 is 17.4 Å². The van der Waals surface area contributed by atoms with Crippen LogP contribution in [0.1, 0.15) is 58.8 Å². The van der Waals surface area contributed by atoms with Crippen molar-refractivity contribution in [3.8, 4) is 0 Å². The Kier molecular flexibility index (Phi) is 3.50. The Balaban J connectivity index is 1.74. The molecule has 0 spiro atoms. The first-order valence-electron chi connectivity index (χ1n) is 9.09. The number of carbonyl (C=O) groups is 1. The van der Waals surface area contributed by atoms with E-state index in [1.165, 1.54) is 12.0 Å². The Hall–Kier alpha value is -0.760. The first-order valence-corrected chi connectivity index (χ1v) is 9.46. The van der Waals surface area contributed by atoms with E-state index in [1.807, 2.05) is 0 Å². The fourth-order valence-electron chi connectivity index (χ4n) is 6.35. The summed E-state index contributed by atoms with van der Waals surface area (Å²) in [6, 6.07) is 0. The van der Waals surface area contributed by atoms with Crippen LogP contribution < -0.4 is 0 Å². The highest BCUT2D eigenvalue weighted by Crippen LogP contribution is 2.64. The summed E-state index contributed by atoms with van der Waals surface area (Å²) in [7, 11) is 1.72. The minimum Gasteiger partial charge on any atom is -0.500 e. The second kappa shape index (κ2) is 5.12. The number of Topliss-reactive ketones (excluding diaryl/α,β-unsaturated/α-hetero) is 1. The molecule has 0 heterocycles. The summed E-state index contributed by atoms with van der Waals surface area (Å²) in [6.45, 7) is 4.64. The maximum absolute atomic E-state index is 12.4. The van der Waals surface area contributed by atoms with E-state index in [0.29, 0.717) is 23.5 Å². The number of hydrogen-bond acceptors (Lipinski definition) is 2. The number of ether oxygens (including phenoxy) is 1. The molecule has 3 heteroatoms. The van der Waals surface area contributed by atoms with Gasteiger partial charge in [-0.15, -0.1) is 0 Å². The molecule has 4 aliphatic carbocycles. The Bertz CT molecular complexity index is 619. The van der Waals surface area contributed by atoms with E-state index < -0.39 is 0 Å². The molecular weight excluding hydrogens is 308 g/mol. The van der Waals surface area contributed by atoms with Gasteiger partial charge in [0, 0.05) is 18.3 Å². The van der Waals surface area contributed by atoms with Crippen molar-refractivity contribution < 1.29 is 9.53 Å². The number of allylic oxidation sites excluding steroid dienone is 4. The van der Waals surface area contributed by atoms with Crippen molar-refractivity contribution in [2.45, 2.75) is 58.8 Å². The summed E-state index contributed by atoms with van der Waals surface area (Å²) in [5.41, 5.74) is 1.43. The topological polar surface area (TPSA) is 26.3 Å². The number of fused-ring (bicyclic) bond motifs is 5. The third kappa shape index (κ3) is 1.97. The Morgan fingerprint density at radius 3 is 2.61 bits per heavy atom. The fourth-order valence-corrected chi connectivity index (χ4v) is 6.81. The predicted molar refractivity (Wildman–Crippen MR) is 92.0 cm³/mol. The van der Waals surface area contributed by atoms with Crippen LogP contribution in [0.3, 0.4) is 0 Å². The number of methoxy groups -OCH3 is 1. The van der Waals surface area contributed by atoms with E-state index >= 15 is 0 Å². The molecule has 0 bridgehead atoms. The van der Waals surface area contributed by atoms with E-state index in [2.05, 4.69) is 19.9 Å². The molecule has 0 radical (unpaired) electrons. The molecule has 0 saturated heterocycles. The summed E-state index contributed by atoms with van der Waals surface area (Å²) in [4.78, 5) is 12.4. The SMILES string of the molecule is COC1=C(Cl)C2=CC[C@@H]3[C@H](CC[C@]4(C)C(=O)CC[C@@H]34)[C@@]2(C)CC1. The van der Waals surface area contributed by atoms with Gasteiger partial charge in [0.05, 0.1) is 12.1 Å². The summed E-state index contributed by atoms with van der Waals surface area (Å²) < 4.78 is 5.50. The lowest BCUT2D eigenvalue weighted by Crippen LogP contribution is -2.49. The van der Waals surface area contributed by atoms with Crippen molar-refractivity contribution in [1.29, 1.82) is 0 Å². The zero-order chi connectivity index (χ0) is 16.4. The second-order valence-electron chi connectivity index (χ2n) is 8.51. The van der Waals surface area contributed by atoms with Gasteiger partial charge < -0.3 is 4.74 Å². The van der Waals surface area contributed by atoms with Crippen LogP contribution >= 0.6 is 11.6 Å². The summed E-state index contributed by atoms with van der Waals surface area (Å²) in [5, 5.41) is 0.857. The maximum atomic E-state index is 12.4. The first kappa shape index (κ1) is 15.7. The lowest BCUT2D eigenvalue weighted by molar-refractivity contribution is -0.131. The molecule has 0 aromatic carbocycles. The Labute approximate surface area is 144 Å². The first-order chi connectivity index (χ1) is 10.9. The zero-order valence-corrected chi connectivity index (χ0v) is 15.2. The van der Waals surface area contributed by atoms with Crippen molar-refractivity contribution in [3.05, 3.63) is 22.4 Å². The molecule has 2 nitrogen and oxygen atoms in total. The van der Waals surface area contributed by atoms with Crippen LogP contribution in [0.25, 0.3) is 0 Å². The van der Waals surface area contributed by atoms with Crippen molar-refractivity contribution in [2.75, 3.05) is 7.11 Å². The van der Waals surface area contributed by atoms with Gasteiger partial charge in [0.25, 0.3) is 0 Å². The number of carbonyl (C=O) groups excluding carboxylic acids is 1. The molecule has 126 valence electrons. The average molecular weight is 335 g/mol.